The van der Waals surface area contributed by atoms with Crippen LogP contribution in [-0.4, -0.2) is 48.9 Å². The minimum absolute atomic E-state index is 0. The minimum atomic E-state index is -0.206. The van der Waals surface area contributed by atoms with Gasteiger partial charge in [0.2, 0.25) is 5.91 Å². The number of pyridine rings is 1. The van der Waals surface area contributed by atoms with Crippen LogP contribution in [0.3, 0.4) is 0 Å². The van der Waals surface area contributed by atoms with Gasteiger partial charge in [-0.25, -0.2) is 4.98 Å². The zero-order valence-electron chi connectivity index (χ0n) is 17.9. The van der Waals surface area contributed by atoms with Gasteiger partial charge in [0.15, 0.2) is 5.96 Å². The van der Waals surface area contributed by atoms with Crippen molar-refractivity contribution >= 4 is 53.3 Å². The molecule has 1 fully saturated rings. The van der Waals surface area contributed by atoms with Gasteiger partial charge in [-0.15, -0.1) is 24.0 Å². The number of nitrogens with two attached hydrogens (primary N) is 1. The van der Waals surface area contributed by atoms with E-state index < -0.39 is 0 Å². The Morgan fingerprint density at radius 1 is 1.26 bits per heavy atom. The Balaban J connectivity index is 0.00000341. The summed E-state index contributed by atoms with van der Waals surface area (Å²) >= 11 is 6.30. The number of halogens is 2. The summed E-state index contributed by atoms with van der Waals surface area (Å²) in [5.41, 5.74) is 7.59. The van der Waals surface area contributed by atoms with Gasteiger partial charge >= 0.3 is 0 Å². The molecule has 1 amide bonds. The molecule has 1 aliphatic rings. The molecule has 1 saturated heterocycles. The molecule has 0 atom stereocenters. The van der Waals surface area contributed by atoms with Crippen LogP contribution >= 0.6 is 35.6 Å². The summed E-state index contributed by atoms with van der Waals surface area (Å²) in [4.78, 5) is 24.7. The fourth-order valence-electron chi connectivity index (χ4n) is 3.74. The minimum Gasteiger partial charge on any atom is -0.369 e. The van der Waals surface area contributed by atoms with Gasteiger partial charge in [-0.1, -0.05) is 35.9 Å². The van der Waals surface area contributed by atoms with Gasteiger partial charge in [0, 0.05) is 63.0 Å². The molecule has 0 spiro atoms. The number of guanidine groups is 1. The molecule has 0 unspecified atom stereocenters. The van der Waals surface area contributed by atoms with E-state index in [-0.39, 0.29) is 35.8 Å². The van der Waals surface area contributed by atoms with E-state index in [0.29, 0.717) is 13.1 Å². The average molecular weight is 557 g/mol. The van der Waals surface area contributed by atoms with Crippen molar-refractivity contribution in [2.75, 3.05) is 32.1 Å². The Kier molecular flexibility index (Phi) is 9.83. The number of aliphatic imine (C=N–C) groups is 1. The van der Waals surface area contributed by atoms with Crippen molar-refractivity contribution in [1.82, 2.24) is 15.2 Å². The number of primary amides is 1. The van der Waals surface area contributed by atoms with Gasteiger partial charge in [0.05, 0.1) is 0 Å². The van der Waals surface area contributed by atoms with E-state index in [1.165, 1.54) is 0 Å². The lowest BCUT2D eigenvalue weighted by molar-refractivity contribution is -0.122. The average Bonchev–Trinajstić information content (AvgIpc) is 2.76. The van der Waals surface area contributed by atoms with Gasteiger partial charge in [0.25, 0.3) is 0 Å². The Hall–Kier alpha value is -2.07. The number of hydrogen-bond donors (Lipinski definition) is 2. The van der Waals surface area contributed by atoms with E-state index in [4.69, 9.17) is 17.3 Å². The number of carbonyl (C=O) groups excluding carboxylic acids is 1. The predicted molar refractivity (Wildman–Crippen MR) is 137 cm³/mol. The molecule has 1 aromatic carbocycles. The quantitative estimate of drug-likeness (QED) is 0.324. The smallest absolute Gasteiger partial charge is 0.220 e. The van der Waals surface area contributed by atoms with Crippen LogP contribution in [0.1, 0.15) is 24.0 Å². The molecule has 3 N–H and O–H groups in total. The number of nitrogens with one attached hydrogen (secondary N) is 1. The van der Waals surface area contributed by atoms with Crippen molar-refractivity contribution in [2.24, 2.45) is 16.6 Å². The van der Waals surface area contributed by atoms with Crippen molar-refractivity contribution in [3.8, 4) is 0 Å². The Labute approximate surface area is 206 Å². The topological polar surface area (TPSA) is 86.9 Å². The highest BCUT2D eigenvalue weighted by atomic mass is 127. The normalized spacial score (nSPS) is 14.7. The number of amides is 1. The molecular weight excluding hydrogens is 527 g/mol. The van der Waals surface area contributed by atoms with Crippen LogP contribution in [0.5, 0.6) is 0 Å². The lowest BCUT2D eigenvalue weighted by atomic mass is 9.96. The van der Waals surface area contributed by atoms with Gasteiger partial charge < -0.3 is 20.9 Å². The molecule has 0 radical (unpaired) electrons. The lowest BCUT2D eigenvalue weighted by Crippen LogP contribution is -2.40. The van der Waals surface area contributed by atoms with Crippen LogP contribution in [-0.2, 0) is 17.9 Å². The van der Waals surface area contributed by atoms with Gasteiger partial charge in [0.1, 0.15) is 5.82 Å². The van der Waals surface area contributed by atoms with E-state index in [1.807, 2.05) is 42.3 Å². The number of benzene rings is 1. The lowest BCUT2D eigenvalue weighted by Gasteiger charge is -2.32. The summed E-state index contributed by atoms with van der Waals surface area (Å²) in [6.45, 7) is 2.80. The number of rotatable bonds is 6. The molecule has 7 nitrogen and oxygen atoms in total. The zero-order valence-corrected chi connectivity index (χ0v) is 21.0. The van der Waals surface area contributed by atoms with Crippen molar-refractivity contribution in [3.63, 3.8) is 0 Å². The summed E-state index contributed by atoms with van der Waals surface area (Å²) in [6.07, 6.45) is 3.33. The Morgan fingerprint density at radius 2 is 1.94 bits per heavy atom. The summed E-state index contributed by atoms with van der Waals surface area (Å²) < 4.78 is 0. The Bertz CT molecular complexity index is 901. The van der Waals surface area contributed by atoms with Crippen molar-refractivity contribution in [1.29, 1.82) is 0 Å². The first kappa shape index (κ1) is 25.2. The standard InChI is InChI=1S/C22H29ClN6O.HI/c1-25-22(28(2)15-18-6-3-4-8-19(18)23)27-14-17-7-5-11-26-21(17)29-12-9-16(10-13-29)20(24)30;/h3-8,11,16H,9-10,12-15H2,1-2H3,(H2,24,30)(H,25,27);1H. The maximum atomic E-state index is 11.4. The third kappa shape index (κ3) is 6.70. The van der Waals surface area contributed by atoms with Crippen molar-refractivity contribution in [2.45, 2.75) is 25.9 Å². The van der Waals surface area contributed by atoms with Crippen LogP contribution in [0.4, 0.5) is 5.82 Å². The number of aromatic nitrogens is 1. The predicted octanol–water partition coefficient (Wildman–Crippen LogP) is 3.26. The number of anilines is 1. The molecule has 1 aliphatic heterocycles. The fraction of sp³-hybridized carbons (Fsp3) is 0.409. The second-order valence-corrected chi connectivity index (χ2v) is 7.91. The first-order valence-electron chi connectivity index (χ1n) is 10.1. The monoisotopic (exact) mass is 556 g/mol. The molecule has 0 aliphatic carbocycles. The molecule has 0 bridgehead atoms. The van der Waals surface area contributed by atoms with Gasteiger partial charge in [-0.05, 0) is 30.5 Å². The van der Waals surface area contributed by atoms with Gasteiger partial charge in [-0.3, -0.25) is 9.79 Å². The third-order valence-corrected chi connectivity index (χ3v) is 5.81. The second-order valence-electron chi connectivity index (χ2n) is 7.50. The molecule has 2 aromatic rings. The first-order valence-corrected chi connectivity index (χ1v) is 10.5. The van der Waals surface area contributed by atoms with Crippen LogP contribution in [0.15, 0.2) is 47.6 Å². The third-order valence-electron chi connectivity index (χ3n) is 5.44. The first-order chi connectivity index (χ1) is 14.5. The number of piperidine rings is 1. The van der Waals surface area contributed by atoms with E-state index in [2.05, 4.69) is 26.3 Å². The number of hydrogen-bond acceptors (Lipinski definition) is 4. The number of nitrogens with zero attached hydrogens (tertiary/aromatic N) is 4. The van der Waals surface area contributed by atoms with E-state index in [0.717, 1.165) is 53.9 Å². The highest BCUT2D eigenvalue weighted by Crippen LogP contribution is 2.24. The highest BCUT2D eigenvalue weighted by Gasteiger charge is 2.25. The molecule has 1 aromatic heterocycles. The highest BCUT2D eigenvalue weighted by molar-refractivity contribution is 14.0. The molecule has 2 heterocycles. The molecule has 9 heteroatoms. The van der Waals surface area contributed by atoms with Crippen LogP contribution in [0, 0.1) is 5.92 Å². The van der Waals surface area contributed by atoms with E-state index >= 15 is 0 Å². The molecular formula is C22H30ClIN6O. The van der Waals surface area contributed by atoms with Gasteiger partial charge in [-0.2, -0.15) is 0 Å². The maximum absolute atomic E-state index is 11.4. The fourth-order valence-corrected chi connectivity index (χ4v) is 3.94. The summed E-state index contributed by atoms with van der Waals surface area (Å²) in [5.74, 6) is 1.47. The van der Waals surface area contributed by atoms with Crippen molar-refractivity contribution in [3.05, 3.63) is 58.7 Å². The molecule has 168 valence electrons. The summed E-state index contributed by atoms with van der Waals surface area (Å²) in [6, 6.07) is 11.8. The number of carbonyl (C=O) groups is 1. The largest absolute Gasteiger partial charge is 0.369 e. The zero-order chi connectivity index (χ0) is 21.5. The van der Waals surface area contributed by atoms with Crippen LogP contribution < -0.4 is 16.0 Å². The molecule has 3 rings (SSSR count). The summed E-state index contributed by atoms with van der Waals surface area (Å²) in [5, 5.41) is 4.17. The van der Waals surface area contributed by atoms with Crippen LogP contribution in [0.2, 0.25) is 5.02 Å². The second kappa shape index (κ2) is 12.1. The Morgan fingerprint density at radius 3 is 2.58 bits per heavy atom. The SMILES string of the molecule is CN=C(NCc1cccnc1N1CCC(C(N)=O)CC1)N(C)Cc1ccccc1Cl.I. The molecule has 31 heavy (non-hydrogen) atoms. The summed E-state index contributed by atoms with van der Waals surface area (Å²) in [7, 11) is 3.75. The maximum Gasteiger partial charge on any atom is 0.220 e. The van der Waals surface area contributed by atoms with Crippen molar-refractivity contribution < 1.29 is 4.79 Å². The molecule has 0 saturated carbocycles. The van der Waals surface area contributed by atoms with Crippen LogP contribution in [0.25, 0.3) is 0 Å². The van der Waals surface area contributed by atoms with E-state index in [1.54, 1.807) is 13.2 Å². The van der Waals surface area contributed by atoms with E-state index in [9.17, 15) is 4.79 Å².